The summed E-state index contributed by atoms with van der Waals surface area (Å²) in [5, 5.41) is 24.2. The second-order valence-electron chi connectivity index (χ2n) is 3.49. The summed E-state index contributed by atoms with van der Waals surface area (Å²) in [4.78, 5) is 20.7. The number of amides is 1. The van der Waals surface area contributed by atoms with Gasteiger partial charge in [-0.1, -0.05) is 0 Å². The number of hydrogen-bond donors (Lipinski definition) is 2. The van der Waals surface area contributed by atoms with E-state index in [1.807, 2.05) is 5.32 Å². The Labute approximate surface area is 104 Å². The molecule has 0 spiro atoms. The highest BCUT2D eigenvalue weighted by Crippen LogP contribution is 2.19. The Balaban J connectivity index is 2.45. The van der Waals surface area contributed by atoms with Crippen molar-refractivity contribution < 1.29 is 28.0 Å². The van der Waals surface area contributed by atoms with Crippen molar-refractivity contribution >= 4 is 11.7 Å². The van der Waals surface area contributed by atoms with Crippen LogP contribution in [0.5, 0.6) is 0 Å². The maximum atomic E-state index is 11.9. The van der Waals surface area contributed by atoms with Gasteiger partial charge in [0.1, 0.15) is 6.54 Å². The predicted molar refractivity (Wildman–Crippen MR) is 54.0 cm³/mol. The van der Waals surface area contributed by atoms with Gasteiger partial charge in [0.05, 0.1) is 23.9 Å². The average Bonchev–Trinajstić information content (AvgIpc) is 2.73. The highest BCUT2D eigenvalue weighted by atomic mass is 19.4. The fourth-order valence-corrected chi connectivity index (χ4v) is 1.07. The van der Waals surface area contributed by atoms with Crippen LogP contribution in [0.4, 0.5) is 19.0 Å². The summed E-state index contributed by atoms with van der Waals surface area (Å²) in [6.45, 7) is -1.48. The number of carbonyl (C=O) groups excluding carboxylic acids is 1. The van der Waals surface area contributed by atoms with Gasteiger partial charge in [0.15, 0.2) is 6.10 Å². The first-order valence-corrected chi connectivity index (χ1v) is 4.89. The van der Waals surface area contributed by atoms with Crippen LogP contribution >= 0.6 is 0 Å². The molecule has 11 heteroatoms. The van der Waals surface area contributed by atoms with E-state index >= 15 is 0 Å². The third-order valence-electron chi connectivity index (χ3n) is 1.99. The molecule has 0 aromatic carbocycles. The molecule has 1 atom stereocenters. The Morgan fingerprint density at radius 2 is 2.26 bits per heavy atom. The van der Waals surface area contributed by atoms with Gasteiger partial charge in [-0.3, -0.25) is 4.79 Å². The van der Waals surface area contributed by atoms with Crippen LogP contribution in [0.15, 0.2) is 12.3 Å². The van der Waals surface area contributed by atoms with Gasteiger partial charge >= 0.3 is 12.0 Å². The van der Waals surface area contributed by atoms with Gasteiger partial charge in [0.25, 0.3) is 0 Å². The Morgan fingerprint density at radius 1 is 1.63 bits per heavy atom. The molecule has 1 aromatic heterocycles. The van der Waals surface area contributed by atoms with Gasteiger partial charge in [0.2, 0.25) is 5.91 Å². The molecule has 2 N–H and O–H groups in total. The lowest BCUT2D eigenvalue weighted by molar-refractivity contribution is -0.389. The molecule has 8 nitrogen and oxygen atoms in total. The molecule has 0 aliphatic heterocycles. The quantitative estimate of drug-likeness (QED) is 0.575. The number of nitrogens with one attached hydrogen (secondary N) is 1. The van der Waals surface area contributed by atoms with Crippen LogP contribution in [0.3, 0.4) is 0 Å². The summed E-state index contributed by atoms with van der Waals surface area (Å²) < 4.78 is 36.7. The second-order valence-corrected chi connectivity index (χ2v) is 3.49. The number of nitrogens with zero attached hydrogens (tertiary/aromatic N) is 3. The van der Waals surface area contributed by atoms with Crippen molar-refractivity contribution in [1.29, 1.82) is 0 Å². The second kappa shape index (κ2) is 5.65. The number of halogens is 3. The molecule has 0 saturated carbocycles. The van der Waals surface area contributed by atoms with E-state index in [1.165, 1.54) is 0 Å². The highest BCUT2D eigenvalue weighted by Gasteiger charge is 2.38. The van der Waals surface area contributed by atoms with Crippen molar-refractivity contribution in [1.82, 2.24) is 15.1 Å². The van der Waals surface area contributed by atoms with E-state index in [4.69, 9.17) is 5.11 Å². The zero-order valence-corrected chi connectivity index (χ0v) is 9.29. The molecule has 1 rings (SSSR count). The zero-order chi connectivity index (χ0) is 14.6. The van der Waals surface area contributed by atoms with E-state index in [-0.39, 0.29) is 0 Å². The van der Waals surface area contributed by atoms with Gasteiger partial charge in [0, 0.05) is 0 Å². The molecule has 1 unspecified atom stereocenters. The number of aliphatic hydroxyl groups is 1. The van der Waals surface area contributed by atoms with Crippen LogP contribution < -0.4 is 5.32 Å². The van der Waals surface area contributed by atoms with Gasteiger partial charge in [-0.25, -0.2) is 0 Å². The van der Waals surface area contributed by atoms with Gasteiger partial charge in [-0.05, 0) is 4.92 Å². The molecule has 0 aliphatic rings. The summed E-state index contributed by atoms with van der Waals surface area (Å²) in [6, 6.07) is 1.04. The van der Waals surface area contributed by atoms with E-state index in [0.717, 1.165) is 16.9 Å². The molecule has 19 heavy (non-hydrogen) atoms. The Hall–Kier alpha value is -2.17. The normalized spacial score (nSPS) is 13.1. The number of rotatable bonds is 5. The number of aromatic nitrogens is 2. The van der Waals surface area contributed by atoms with E-state index < -0.39 is 42.0 Å². The van der Waals surface area contributed by atoms with E-state index in [9.17, 15) is 28.1 Å². The number of carbonyl (C=O) groups is 1. The lowest BCUT2D eigenvalue weighted by atomic mass is 10.3. The van der Waals surface area contributed by atoms with Crippen LogP contribution in [0.2, 0.25) is 0 Å². The molecule has 1 heterocycles. The molecule has 1 amide bonds. The predicted octanol–water partition coefficient (Wildman–Crippen LogP) is -0.169. The molecule has 1 aromatic rings. The molecule has 0 saturated heterocycles. The smallest absolute Gasteiger partial charge is 0.382 e. The SMILES string of the molecule is O=C(Cn1ccc([N+](=O)[O-])n1)NCC(O)C(F)(F)F. The minimum atomic E-state index is -4.82. The van der Waals surface area contributed by atoms with Crippen LogP contribution in [-0.4, -0.2) is 44.5 Å². The fraction of sp³-hybridized carbons (Fsp3) is 0.500. The molecular weight excluding hydrogens is 273 g/mol. The molecular formula is C8H9F3N4O4. The third-order valence-corrected chi connectivity index (χ3v) is 1.99. The van der Waals surface area contributed by atoms with Gasteiger partial charge in [-0.2, -0.15) is 17.9 Å². The Morgan fingerprint density at radius 3 is 2.74 bits per heavy atom. The number of aliphatic hydroxyl groups excluding tert-OH is 1. The maximum Gasteiger partial charge on any atom is 0.416 e. The van der Waals surface area contributed by atoms with Crippen molar-refractivity contribution in [2.45, 2.75) is 18.8 Å². The van der Waals surface area contributed by atoms with Crippen LogP contribution in [0.1, 0.15) is 0 Å². The van der Waals surface area contributed by atoms with Gasteiger partial charge in [-0.15, -0.1) is 0 Å². The number of hydrogen-bond acceptors (Lipinski definition) is 5. The molecule has 106 valence electrons. The average molecular weight is 282 g/mol. The van der Waals surface area contributed by atoms with Crippen LogP contribution in [0.25, 0.3) is 0 Å². The van der Waals surface area contributed by atoms with Gasteiger partial charge < -0.3 is 20.5 Å². The largest absolute Gasteiger partial charge is 0.416 e. The standard InChI is InChI=1S/C8H9F3N4O4/c9-8(10,11)5(16)3-12-7(17)4-14-2-1-6(13-14)15(18)19/h1-2,5,16H,3-4H2,(H,12,17). The van der Waals surface area contributed by atoms with Crippen molar-refractivity contribution in [3.8, 4) is 0 Å². The third kappa shape index (κ3) is 4.54. The topological polar surface area (TPSA) is 110 Å². The fourth-order valence-electron chi connectivity index (χ4n) is 1.07. The summed E-state index contributed by atoms with van der Waals surface area (Å²) >= 11 is 0. The Bertz CT molecular complexity index is 473. The van der Waals surface area contributed by atoms with Crippen molar-refractivity contribution in [2.24, 2.45) is 0 Å². The highest BCUT2D eigenvalue weighted by molar-refractivity contribution is 5.75. The maximum absolute atomic E-state index is 11.9. The number of alkyl halides is 3. The monoisotopic (exact) mass is 282 g/mol. The van der Waals surface area contributed by atoms with Crippen molar-refractivity contribution in [3.63, 3.8) is 0 Å². The van der Waals surface area contributed by atoms with Crippen LogP contribution in [0, 0.1) is 10.1 Å². The van der Waals surface area contributed by atoms with Crippen molar-refractivity contribution in [3.05, 3.63) is 22.4 Å². The van der Waals surface area contributed by atoms with Crippen LogP contribution in [-0.2, 0) is 11.3 Å². The molecule has 0 radical (unpaired) electrons. The zero-order valence-electron chi connectivity index (χ0n) is 9.29. The lowest BCUT2D eigenvalue weighted by Crippen LogP contribution is -2.41. The first kappa shape index (κ1) is 14.9. The first-order valence-electron chi connectivity index (χ1n) is 4.89. The molecule has 0 fully saturated rings. The minimum Gasteiger partial charge on any atom is -0.382 e. The lowest BCUT2D eigenvalue weighted by Gasteiger charge is -2.14. The first-order chi connectivity index (χ1) is 8.70. The summed E-state index contributed by atoms with van der Waals surface area (Å²) in [6.07, 6.45) is -6.35. The Kier molecular flexibility index (Phi) is 4.43. The number of nitro groups is 1. The summed E-state index contributed by atoms with van der Waals surface area (Å²) in [5.41, 5.74) is 0. The van der Waals surface area contributed by atoms with E-state index in [0.29, 0.717) is 0 Å². The molecule has 0 aliphatic carbocycles. The van der Waals surface area contributed by atoms with Crippen molar-refractivity contribution in [2.75, 3.05) is 6.54 Å². The molecule has 0 bridgehead atoms. The van der Waals surface area contributed by atoms with E-state index in [1.54, 1.807) is 0 Å². The van der Waals surface area contributed by atoms with E-state index in [2.05, 4.69) is 5.10 Å². The minimum absolute atomic E-state index is 0.483. The summed E-state index contributed by atoms with van der Waals surface area (Å²) in [7, 11) is 0. The summed E-state index contributed by atoms with van der Waals surface area (Å²) in [5.74, 6) is -1.34.